The summed E-state index contributed by atoms with van der Waals surface area (Å²) in [5.41, 5.74) is 25.2. The van der Waals surface area contributed by atoms with Crippen molar-refractivity contribution in [3.8, 4) is 131 Å². The Morgan fingerprint density at radius 2 is 0.350 bits per heavy atom. The molecule has 0 N–H and O–H groups in total. The van der Waals surface area contributed by atoms with Crippen LogP contribution in [0.4, 0.5) is 5.69 Å². The van der Waals surface area contributed by atoms with E-state index in [0.717, 1.165) is 204 Å². The lowest BCUT2D eigenvalue weighted by Gasteiger charge is -2.11. The first-order chi connectivity index (χ1) is 69.4. The maximum atomic E-state index is 7.33. The number of hydrogen-bond acceptors (Lipinski definition) is 12. The predicted octanol–water partition coefficient (Wildman–Crippen LogP) is 31.8. The van der Waals surface area contributed by atoms with Crippen molar-refractivity contribution < 1.29 is 13.3 Å². The summed E-state index contributed by atoms with van der Waals surface area (Å²) in [6.45, 7) is 7.33. The topological polar surface area (TPSA) is 175 Å². The Labute approximate surface area is 800 Å². The van der Waals surface area contributed by atoms with Gasteiger partial charge in [0.1, 0.15) is 33.5 Å². The van der Waals surface area contributed by atoms with Gasteiger partial charge in [0.15, 0.2) is 40.6 Å². The molecule has 0 unspecified atom stereocenters. The van der Waals surface area contributed by atoms with Crippen LogP contribution in [0.2, 0.25) is 0 Å². The van der Waals surface area contributed by atoms with Crippen molar-refractivity contribution in [2.24, 2.45) is 0 Å². The van der Waals surface area contributed by atoms with Crippen LogP contribution >= 0.6 is 0 Å². The van der Waals surface area contributed by atoms with Crippen molar-refractivity contribution >= 4 is 137 Å². The number of nitrogens with zero attached hydrogens (tertiary/aromatic N) is 13. The highest BCUT2D eigenvalue weighted by Gasteiger charge is 2.28. The number of hydrogen-bond donors (Lipinski definition) is 0. The second-order valence-electron chi connectivity index (χ2n) is 34.4. The van der Waals surface area contributed by atoms with Crippen LogP contribution in [0, 0.1) is 6.57 Å². The first-order valence-electron chi connectivity index (χ1n) is 46.3. The predicted molar refractivity (Wildman–Crippen MR) is 565 cm³/mol. The van der Waals surface area contributed by atoms with Crippen LogP contribution in [0.25, 0.3) is 267 Å². The van der Waals surface area contributed by atoms with Crippen molar-refractivity contribution in [1.29, 1.82) is 0 Å². The Bertz CT molecular complexity index is 9610. The Hall–Kier alpha value is -19.5. The molecule has 9 aromatic heterocycles. The van der Waals surface area contributed by atoms with Gasteiger partial charge in [-0.05, 0) is 82.4 Å². The zero-order chi connectivity index (χ0) is 92.7. The van der Waals surface area contributed by atoms with E-state index in [1.54, 1.807) is 0 Å². The van der Waals surface area contributed by atoms with E-state index in [1.807, 2.05) is 170 Å². The smallest absolute Gasteiger partial charge is 0.238 e. The van der Waals surface area contributed by atoms with E-state index in [2.05, 4.69) is 304 Å². The highest BCUT2D eigenvalue weighted by molar-refractivity contribution is 6.17. The molecule has 0 aliphatic carbocycles. The third-order valence-corrected chi connectivity index (χ3v) is 26.3. The van der Waals surface area contributed by atoms with Gasteiger partial charge in [-0.2, -0.15) is 29.9 Å². The quantitative estimate of drug-likeness (QED) is 0.100. The fraction of sp³-hybridized carbons (Fsp3) is 0. The molecular weight excluding hydrogens is 1720 g/mol. The molecule has 0 fully saturated rings. The Morgan fingerprint density at radius 3 is 0.629 bits per heavy atom. The van der Waals surface area contributed by atoms with Crippen molar-refractivity contribution in [1.82, 2.24) is 58.6 Å². The molecule has 0 saturated heterocycles. The summed E-state index contributed by atoms with van der Waals surface area (Å²) in [6.07, 6.45) is 0. The molecule has 16 heteroatoms. The van der Waals surface area contributed by atoms with Crippen LogP contribution < -0.4 is 0 Å². The van der Waals surface area contributed by atoms with Gasteiger partial charge in [0.2, 0.25) is 17.8 Å². The van der Waals surface area contributed by atoms with Crippen LogP contribution in [-0.2, 0) is 0 Å². The number of rotatable bonds is 13. The van der Waals surface area contributed by atoms with Crippen LogP contribution in [0.15, 0.2) is 468 Å². The van der Waals surface area contributed by atoms with Crippen LogP contribution in [0.3, 0.4) is 0 Å². The molecule has 0 radical (unpaired) electrons. The number of benzene rings is 19. The lowest BCUT2D eigenvalue weighted by molar-refractivity contribution is 0.670. The fourth-order valence-electron chi connectivity index (χ4n) is 19.8. The molecule has 0 amide bonds. The lowest BCUT2D eigenvalue weighted by Crippen LogP contribution is -2.06. The van der Waals surface area contributed by atoms with Gasteiger partial charge in [0.25, 0.3) is 0 Å². The first-order valence-corrected chi connectivity index (χ1v) is 46.3. The van der Waals surface area contributed by atoms with E-state index < -0.39 is 0 Å². The molecule has 28 rings (SSSR count). The minimum atomic E-state index is 0.526. The molecule has 140 heavy (non-hydrogen) atoms. The van der Waals surface area contributed by atoms with E-state index in [0.29, 0.717) is 64.1 Å². The largest absolute Gasteiger partial charge is 0.455 e. The summed E-state index contributed by atoms with van der Waals surface area (Å²) in [5.74, 6) is 5.04. The van der Waals surface area contributed by atoms with E-state index in [1.165, 1.54) is 0 Å². The third-order valence-electron chi connectivity index (χ3n) is 26.3. The van der Waals surface area contributed by atoms with E-state index in [4.69, 9.17) is 64.7 Å². The van der Waals surface area contributed by atoms with Gasteiger partial charge in [-0.1, -0.05) is 400 Å². The van der Waals surface area contributed by atoms with Gasteiger partial charge in [0, 0.05) is 98.0 Å². The molecule has 9 heterocycles. The SMILES string of the molecule is [C-]#[N+]c1ccc(-c2cccc3c2oc2c(-c4nc(-c5ccccc5)nc(-n5c6ccccc6c6ccccc65)n4)cccc23)cc1.c1ccc(-c2ccc(-c3nc(-c4cccc5c4oc4c(-c6ccccc6)cccc45)nc(-n4c5ccccc5c5ccccc54)n3)cc2)cc1.c1ccc(-c2nc(-c3cccc4c3oc3c(-c5ccccc5)cccc34)nc(-n3c4ccccc4c4ccccc43)n2)cc1. The Balaban J connectivity index is 0.000000108. The van der Waals surface area contributed by atoms with E-state index in [-0.39, 0.29) is 0 Å². The zero-order valence-corrected chi connectivity index (χ0v) is 74.8. The van der Waals surface area contributed by atoms with Crippen LogP contribution in [0.1, 0.15) is 0 Å². The minimum absolute atomic E-state index is 0.526. The number of furan rings is 3. The molecule has 0 bridgehead atoms. The number of para-hydroxylation sites is 12. The van der Waals surface area contributed by atoms with Crippen molar-refractivity contribution in [2.45, 2.75) is 0 Å². The second kappa shape index (κ2) is 34.2. The zero-order valence-electron chi connectivity index (χ0n) is 74.8. The maximum Gasteiger partial charge on any atom is 0.238 e. The summed E-state index contributed by atoms with van der Waals surface area (Å²) in [4.78, 5) is 49.6. The van der Waals surface area contributed by atoms with Crippen LogP contribution in [0.5, 0.6) is 0 Å². The molecule has 0 spiro atoms. The highest BCUT2D eigenvalue weighted by Crippen LogP contribution is 2.46. The average molecular weight is 1800 g/mol. The monoisotopic (exact) mass is 1790 g/mol. The van der Waals surface area contributed by atoms with Crippen molar-refractivity contribution in [2.75, 3.05) is 0 Å². The average Bonchev–Trinajstić information content (AvgIpc) is 1.58. The van der Waals surface area contributed by atoms with Crippen molar-refractivity contribution in [3.63, 3.8) is 0 Å². The standard InChI is InChI=1S/C45H28N4O.C40H23N5O.C39H24N4O/c1-3-13-29(14-4-1)30-25-27-32(28-26-30)43-46-44(48-45(47-43)49-39-23-9-7-17-34(39)35-18-8-10-24-40(35)49)38-22-12-21-37-36-20-11-19-33(41(36)50-42(37)38)31-15-5-2-6-16-31;1-41-27-23-21-25(22-24-27)28-15-9-16-31-32-17-10-18-33(37(32)46-36(28)31)39-42-38(26-11-3-2-4-12-26)43-40(44-39)45-34-19-7-5-13-29(34)30-14-6-8-20-35(30)45;1-3-13-25(14-4-1)27-19-11-20-30-31-21-12-22-32(36(31)44-35(27)30)38-40-37(26-15-5-2-6-16-26)41-39(42-38)43-33-23-9-7-17-28(33)29-18-8-10-24-34(29)43/h1-28H;2-24H;1-24H. The minimum Gasteiger partial charge on any atom is -0.455 e. The molecule has 0 aliphatic heterocycles. The summed E-state index contributed by atoms with van der Waals surface area (Å²) in [7, 11) is 0. The van der Waals surface area contributed by atoms with Gasteiger partial charge in [-0.15, -0.1) is 0 Å². The van der Waals surface area contributed by atoms with Crippen LogP contribution in [-0.4, -0.2) is 58.6 Å². The van der Waals surface area contributed by atoms with Crippen molar-refractivity contribution in [3.05, 3.63) is 466 Å². The fourth-order valence-corrected chi connectivity index (χ4v) is 19.8. The number of fused-ring (bicyclic) bond motifs is 18. The lowest BCUT2D eigenvalue weighted by atomic mass is 10.0. The van der Waals surface area contributed by atoms with Gasteiger partial charge in [0.05, 0.1) is 56.4 Å². The molecule has 0 saturated carbocycles. The normalized spacial score (nSPS) is 11.6. The molecular formula is C124H75N13O3. The first kappa shape index (κ1) is 81.3. The summed E-state index contributed by atoms with van der Waals surface area (Å²) in [5, 5.41) is 13.0. The second-order valence-corrected chi connectivity index (χ2v) is 34.4. The van der Waals surface area contributed by atoms with E-state index >= 15 is 0 Å². The molecule has 0 aliphatic rings. The summed E-state index contributed by atoms with van der Waals surface area (Å²) < 4.78 is 26.7. The maximum absolute atomic E-state index is 7.33. The van der Waals surface area contributed by atoms with E-state index in [9.17, 15) is 0 Å². The van der Waals surface area contributed by atoms with Gasteiger partial charge in [-0.3, -0.25) is 13.7 Å². The number of aromatic nitrogens is 12. The van der Waals surface area contributed by atoms with Gasteiger partial charge < -0.3 is 13.3 Å². The molecule has 16 nitrogen and oxygen atoms in total. The third kappa shape index (κ3) is 14.1. The Morgan fingerprint density at radius 1 is 0.157 bits per heavy atom. The molecule has 28 aromatic rings. The molecule has 0 atom stereocenters. The van der Waals surface area contributed by atoms with Gasteiger partial charge in [-0.25, -0.2) is 19.8 Å². The Kier molecular flexibility index (Phi) is 19.9. The summed E-state index contributed by atoms with van der Waals surface area (Å²) >= 11 is 0. The highest BCUT2D eigenvalue weighted by atomic mass is 16.3. The van der Waals surface area contributed by atoms with Gasteiger partial charge >= 0.3 is 0 Å². The molecule has 654 valence electrons. The molecule has 19 aromatic carbocycles. The summed E-state index contributed by atoms with van der Waals surface area (Å²) in [6, 6.07) is 155.